The lowest BCUT2D eigenvalue weighted by Crippen LogP contribution is -2.48. The third-order valence-corrected chi connectivity index (χ3v) is 7.31. The molecule has 6 nitrogen and oxygen atoms in total. The Bertz CT molecular complexity index is 733. The van der Waals surface area contributed by atoms with Gasteiger partial charge in [-0.25, -0.2) is 4.79 Å². The van der Waals surface area contributed by atoms with Gasteiger partial charge in [0, 0.05) is 30.8 Å². The first-order valence-corrected chi connectivity index (χ1v) is 11.5. The van der Waals surface area contributed by atoms with Crippen molar-refractivity contribution in [2.45, 2.75) is 57.7 Å². The SMILES string of the molecule is CCOC(=O)c1c(NC(=S)N2CCC3(CC2)OCCO3)sc2c1CCCCC2. The number of thiophene rings is 1. The number of nitrogens with zero attached hydrogens (tertiary/aromatic N) is 1. The largest absolute Gasteiger partial charge is 0.462 e. The monoisotopic (exact) mass is 424 g/mol. The summed E-state index contributed by atoms with van der Waals surface area (Å²) in [5, 5.41) is 4.87. The summed E-state index contributed by atoms with van der Waals surface area (Å²) >= 11 is 7.35. The lowest BCUT2D eigenvalue weighted by molar-refractivity contribution is -0.180. The van der Waals surface area contributed by atoms with Crippen LogP contribution in [-0.2, 0) is 27.1 Å². The van der Waals surface area contributed by atoms with Gasteiger partial charge < -0.3 is 24.4 Å². The summed E-state index contributed by atoms with van der Waals surface area (Å²) in [6, 6.07) is 0. The molecule has 28 heavy (non-hydrogen) atoms. The molecule has 0 amide bonds. The van der Waals surface area contributed by atoms with Crippen LogP contribution in [0.4, 0.5) is 5.00 Å². The smallest absolute Gasteiger partial charge is 0.341 e. The summed E-state index contributed by atoms with van der Waals surface area (Å²) in [6.45, 7) is 5.13. The Morgan fingerprint density at radius 2 is 1.93 bits per heavy atom. The van der Waals surface area contributed by atoms with Crippen LogP contribution in [0.15, 0.2) is 0 Å². The molecule has 154 valence electrons. The molecule has 8 heteroatoms. The van der Waals surface area contributed by atoms with Crippen LogP contribution in [0.3, 0.4) is 0 Å². The van der Waals surface area contributed by atoms with E-state index in [2.05, 4.69) is 10.2 Å². The van der Waals surface area contributed by atoms with Crippen molar-refractivity contribution in [2.75, 3.05) is 38.2 Å². The topological polar surface area (TPSA) is 60.0 Å². The first-order valence-electron chi connectivity index (χ1n) is 10.3. The highest BCUT2D eigenvalue weighted by atomic mass is 32.1. The Balaban J connectivity index is 1.49. The summed E-state index contributed by atoms with van der Waals surface area (Å²) in [5.74, 6) is -0.653. The van der Waals surface area contributed by atoms with Crippen molar-refractivity contribution in [1.29, 1.82) is 0 Å². The number of carbonyl (C=O) groups is 1. The third kappa shape index (κ3) is 4.06. The van der Waals surface area contributed by atoms with Crippen LogP contribution in [0.25, 0.3) is 0 Å². The van der Waals surface area contributed by atoms with Gasteiger partial charge in [0.2, 0.25) is 0 Å². The number of nitrogens with one attached hydrogen (secondary N) is 1. The molecule has 1 spiro atoms. The van der Waals surface area contributed by atoms with E-state index in [0.29, 0.717) is 30.5 Å². The zero-order valence-electron chi connectivity index (χ0n) is 16.4. The van der Waals surface area contributed by atoms with E-state index in [1.54, 1.807) is 11.3 Å². The Morgan fingerprint density at radius 1 is 1.21 bits per heavy atom. The zero-order valence-corrected chi connectivity index (χ0v) is 18.0. The van der Waals surface area contributed by atoms with Crippen molar-refractivity contribution in [3.05, 3.63) is 16.0 Å². The minimum absolute atomic E-state index is 0.238. The minimum Gasteiger partial charge on any atom is -0.462 e. The highest BCUT2D eigenvalue weighted by molar-refractivity contribution is 7.80. The summed E-state index contributed by atoms with van der Waals surface area (Å²) in [4.78, 5) is 16.1. The molecule has 1 aromatic heterocycles. The average Bonchev–Trinajstić information content (AvgIpc) is 3.20. The van der Waals surface area contributed by atoms with Gasteiger partial charge in [-0.2, -0.15) is 0 Å². The highest BCUT2D eigenvalue weighted by Gasteiger charge is 2.40. The normalized spacial score (nSPS) is 21.2. The lowest BCUT2D eigenvalue weighted by Gasteiger charge is -2.38. The van der Waals surface area contributed by atoms with Crippen LogP contribution < -0.4 is 5.32 Å². The van der Waals surface area contributed by atoms with Gasteiger partial charge in [0.1, 0.15) is 5.00 Å². The van der Waals surface area contributed by atoms with Gasteiger partial charge in [-0.1, -0.05) is 6.42 Å². The van der Waals surface area contributed by atoms with Crippen molar-refractivity contribution in [3.8, 4) is 0 Å². The molecule has 0 bridgehead atoms. The molecular weight excluding hydrogens is 396 g/mol. The molecule has 0 atom stereocenters. The zero-order chi connectivity index (χ0) is 19.6. The predicted octanol–water partition coefficient (Wildman–Crippen LogP) is 3.73. The van der Waals surface area contributed by atoms with Gasteiger partial charge >= 0.3 is 5.97 Å². The molecule has 3 heterocycles. The number of fused-ring (bicyclic) bond motifs is 1. The molecule has 2 aliphatic heterocycles. The van der Waals surface area contributed by atoms with Crippen molar-refractivity contribution < 1.29 is 19.0 Å². The van der Waals surface area contributed by atoms with E-state index in [1.165, 1.54) is 17.7 Å². The predicted molar refractivity (Wildman–Crippen MR) is 113 cm³/mol. The van der Waals surface area contributed by atoms with Crippen LogP contribution in [0.5, 0.6) is 0 Å². The Labute approximate surface area is 175 Å². The number of piperidine rings is 1. The summed E-state index contributed by atoms with van der Waals surface area (Å²) in [6.07, 6.45) is 7.09. The second-order valence-corrected chi connectivity index (χ2v) is 9.01. The molecule has 4 rings (SSSR count). The quantitative estimate of drug-likeness (QED) is 0.451. The second kappa shape index (κ2) is 8.65. The van der Waals surface area contributed by atoms with Gasteiger partial charge in [0.15, 0.2) is 10.9 Å². The molecule has 2 saturated heterocycles. The van der Waals surface area contributed by atoms with Crippen LogP contribution >= 0.6 is 23.6 Å². The van der Waals surface area contributed by atoms with Crippen molar-refractivity contribution >= 4 is 39.6 Å². The van der Waals surface area contributed by atoms with E-state index in [4.69, 9.17) is 26.4 Å². The van der Waals surface area contributed by atoms with E-state index in [1.807, 2.05) is 6.92 Å². The molecule has 0 aromatic carbocycles. The summed E-state index contributed by atoms with van der Waals surface area (Å²) in [7, 11) is 0. The minimum atomic E-state index is -0.414. The number of esters is 1. The average molecular weight is 425 g/mol. The maximum Gasteiger partial charge on any atom is 0.341 e. The van der Waals surface area contributed by atoms with Crippen molar-refractivity contribution in [3.63, 3.8) is 0 Å². The summed E-state index contributed by atoms with van der Waals surface area (Å²) < 4.78 is 17.0. The van der Waals surface area contributed by atoms with Gasteiger partial charge in [-0.15, -0.1) is 11.3 Å². The number of rotatable bonds is 3. The number of ether oxygens (including phenoxy) is 3. The fraction of sp³-hybridized carbons (Fsp3) is 0.700. The van der Waals surface area contributed by atoms with E-state index in [0.717, 1.165) is 55.8 Å². The van der Waals surface area contributed by atoms with Gasteiger partial charge in [-0.3, -0.25) is 0 Å². The number of aryl methyl sites for hydroxylation is 1. The number of carbonyl (C=O) groups excluding carboxylic acids is 1. The highest BCUT2D eigenvalue weighted by Crippen LogP contribution is 2.38. The number of likely N-dealkylation sites (tertiary alicyclic amines) is 1. The van der Waals surface area contributed by atoms with Crippen LogP contribution in [-0.4, -0.2) is 54.7 Å². The molecule has 0 unspecified atom stereocenters. The molecule has 1 aliphatic carbocycles. The van der Waals surface area contributed by atoms with E-state index in [-0.39, 0.29) is 5.97 Å². The molecular formula is C20H28N2O4S2. The van der Waals surface area contributed by atoms with Gasteiger partial charge in [0.25, 0.3) is 0 Å². The number of hydrogen-bond donors (Lipinski definition) is 1. The van der Waals surface area contributed by atoms with E-state index < -0.39 is 5.79 Å². The number of anilines is 1. The molecule has 3 aliphatic rings. The number of hydrogen-bond acceptors (Lipinski definition) is 6. The van der Waals surface area contributed by atoms with Crippen molar-refractivity contribution in [2.24, 2.45) is 0 Å². The molecule has 1 aromatic rings. The van der Waals surface area contributed by atoms with Gasteiger partial charge in [-0.05, 0) is 50.4 Å². The number of thiocarbonyl (C=S) groups is 1. The fourth-order valence-electron chi connectivity index (χ4n) is 4.26. The fourth-order valence-corrected chi connectivity index (χ4v) is 5.89. The lowest BCUT2D eigenvalue weighted by atomic mass is 10.0. The van der Waals surface area contributed by atoms with Crippen LogP contribution in [0.2, 0.25) is 0 Å². The van der Waals surface area contributed by atoms with Crippen molar-refractivity contribution in [1.82, 2.24) is 4.90 Å². The maximum absolute atomic E-state index is 12.7. The summed E-state index contributed by atoms with van der Waals surface area (Å²) in [5.41, 5.74) is 1.86. The maximum atomic E-state index is 12.7. The second-order valence-electron chi connectivity index (χ2n) is 7.51. The molecule has 1 N–H and O–H groups in total. The van der Waals surface area contributed by atoms with Crippen LogP contribution in [0, 0.1) is 0 Å². The van der Waals surface area contributed by atoms with Gasteiger partial charge in [0.05, 0.1) is 25.4 Å². The molecule has 2 fully saturated rings. The molecule has 0 saturated carbocycles. The van der Waals surface area contributed by atoms with E-state index in [9.17, 15) is 4.79 Å². The third-order valence-electron chi connectivity index (χ3n) is 5.75. The van der Waals surface area contributed by atoms with E-state index >= 15 is 0 Å². The first-order chi connectivity index (χ1) is 13.6. The Morgan fingerprint density at radius 3 is 2.64 bits per heavy atom. The van der Waals surface area contributed by atoms with Crippen LogP contribution in [0.1, 0.15) is 59.8 Å². The molecule has 0 radical (unpaired) electrons. The first kappa shape index (κ1) is 20.1. The Kier molecular flexibility index (Phi) is 6.20. The standard InChI is InChI=1S/C20H28N2O4S2/c1-2-24-18(23)16-14-6-4-3-5-7-15(14)28-17(16)21-19(27)22-10-8-20(9-11-22)25-12-13-26-20/h2-13H2,1H3,(H,21,27). The Hall–Kier alpha value is -1.22.